The summed E-state index contributed by atoms with van der Waals surface area (Å²) in [4.78, 5) is 20.2. The highest BCUT2D eigenvalue weighted by Gasteiger charge is 2.14. The van der Waals surface area contributed by atoms with E-state index in [0.717, 1.165) is 44.8 Å². The van der Waals surface area contributed by atoms with Crippen molar-refractivity contribution in [3.63, 3.8) is 0 Å². The van der Waals surface area contributed by atoms with E-state index in [1.807, 2.05) is 85.2 Å². The molecule has 0 aliphatic heterocycles. The molecule has 0 saturated heterocycles. The average Bonchev–Trinajstić information content (AvgIpc) is 3.32. The molecule has 0 unspecified atom stereocenters. The van der Waals surface area contributed by atoms with Crippen LogP contribution in [-0.4, -0.2) is 34.1 Å². The summed E-state index contributed by atoms with van der Waals surface area (Å²) >= 11 is 0. The van der Waals surface area contributed by atoms with Gasteiger partial charge in [-0.15, -0.1) is 0 Å². The Bertz CT molecular complexity index is 1440. The zero-order chi connectivity index (χ0) is 23.3. The molecule has 168 valence electrons. The van der Waals surface area contributed by atoms with E-state index in [-0.39, 0.29) is 19.1 Å². The zero-order valence-corrected chi connectivity index (χ0v) is 18.4. The van der Waals surface area contributed by atoms with Crippen molar-refractivity contribution in [2.45, 2.75) is 0 Å². The molecule has 6 heteroatoms. The van der Waals surface area contributed by atoms with Gasteiger partial charge in [0.05, 0.1) is 6.61 Å². The molecule has 0 spiro atoms. The molecule has 0 saturated carbocycles. The van der Waals surface area contributed by atoms with Crippen molar-refractivity contribution in [1.82, 2.24) is 15.3 Å². The van der Waals surface area contributed by atoms with Crippen LogP contribution in [0.5, 0.6) is 11.5 Å². The Morgan fingerprint density at radius 3 is 2.59 bits per heavy atom. The molecule has 0 bridgehead atoms. The lowest BCUT2D eigenvalue weighted by Gasteiger charge is -2.11. The number of para-hydroxylation sites is 2. The van der Waals surface area contributed by atoms with E-state index in [1.54, 1.807) is 6.07 Å². The first kappa shape index (κ1) is 21.4. The summed E-state index contributed by atoms with van der Waals surface area (Å²) < 4.78 is 6.15. The molecule has 2 aromatic heterocycles. The second-order valence-corrected chi connectivity index (χ2v) is 7.79. The third-order valence-corrected chi connectivity index (χ3v) is 5.53. The number of pyridine rings is 1. The van der Waals surface area contributed by atoms with E-state index in [1.165, 1.54) is 0 Å². The first-order valence-electron chi connectivity index (χ1n) is 11.0. The first-order chi connectivity index (χ1) is 16.7. The Morgan fingerprint density at radius 2 is 1.74 bits per heavy atom. The maximum absolute atomic E-state index is 12.4. The summed E-state index contributed by atoms with van der Waals surface area (Å²) in [6.45, 7) is 0.117. The third kappa shape index (κ3) is 4.40. The van der Waals surface area contributed by atoms with Crippen LogP contribution in [0.3, 0.4) is 0 Å². The number of carbonyl (C=O) groups is 1. The smallest absolute Gasteiger partial charge is 0.251 e. The molecule has 0 atom stereocenters. The largest absolute Gasteiger partial charge is 0.457 e. The van der Waals surface area contributed by atoms with Gasteiger partial charge in [0.2, 0.25) is 0 Å². The molecule has 2 heterocycles. The monoisotopic (exact) mass is 449 g/mol. The van der Waals surface area contributed by atoms with Crippen molar-refractivity contribution in [1.29, 1.82) is 0 Å². The molecular weight excluding hydrogens is 426 g/mol. The number of carbonyl (C=O) groups excluding carboxylic acids is 1. The topological polar surface area (TPSA) is 87.2 Å². The van der Waals surface area contributed by atoms with Crippen molar-refractivity contribution >= 4 is 16.9 Å². The van der Waals surface area contributed by atoms with Crippen LogP contribution in [-0.2, 0) is 0 Å². The maximum atomic E-state index is 12.4. The molecule has 0 radical (unpaired) electrons. The normalized spacial score (nSPS) is 10.9. The minimum Gasteiger partial charge on any atom is -0.457 e. The predicted octanol–water partition coefficient (Wildman–Crippen LogP) is 5.41. The number of hydrogen-bond donors (Lipinski definition) is 3. The number of aliphatic hydroxyl groups excluding tert-OH is 1. The highest BCUT2D eigenvalue weighted by molar-refractivity contribution is 5.99. The standard InChI is InChI=1S/C28H23N3O3/c32-14-13-29-28(33)20-8-6-7-19(15-20)25-18-31-27-24(25)16-21(17-30-27)23-11-4-5-12-26(23)34-22-9-2-1-3-10-22/h1-12,15-18,32H,13-14H2,(H,29,33)(H,30,31). The van der Waals surface area contributed by atoms with Gasteiger partial charge in [-0.25, -0.2) is 4.98 Å². The summed E-state index contributed by atoms with van der Waals surface area (Å²) in [5.41, 5.74) is 5.00. The zero-order valence-electron chi connectivity index (χ0n) is 18.4. The van der Waals surface area contributed by atoms with Crippen LogP contribution in [0.25, 0.3) is 33.3 Å². The lowest BCUT2D eigenvalue weighted by molar-refractivity contribution is 0.0945. The van der Waals surface area contributed by atoms with E-state index >= 15 is 0 Å². The number of hydrogen-bond acceptors (Lipinski definition) is 4. The van der Waals surface area contributed by atoms with Crippen molar-refractivity contribution < 1.29 is 14.6 Å². The highest BCUT2D eigenvalue weighted by atomic mass is 16.5. The molecule has 5 aromatic rings. The summed E-state index contributed by atoms with van der Waals surface area (Å²) in [5, 5.41) is 12.6. The summed E-state index contributed by atoms with van der Waals surface area (Å²) in [6.07, 6.45) is 3.73. The molecule has 3 aromatic carbocycles. The van der Waals surface area contributed by atoms with Crippen LogP contribution >= 0.6 is 0 Å². The van der Waals surface area contributed by atoms with E-state index in [0.29, 0.717) is 5.56 Å². The minimum absolute atomic E-state index is 0.0994. The van der Waals surface area contributed by atoms with Crippen LogP contribution in [0.1, 0.15) is 10.4 Å². The van der Waals surface area contributed by atoms with Gasteiger partial charge in [-0.3, -0.25) is 4.79 Å². The Labute approximate surface area is 196 Å². The Morgan fingerprint density at radius 1 is 0.912 bits per heavy atom. The van der Waals surface area contributed by atoms with Crippen molar-refractivity contribution in [2.24, 2.45) is 0 Å². The number of H-pyrrole nitrogens is 1. The fourth-order valence-corrected chi connectivity index (χ4v) is 3.90. The number of aliphatic hydroxyl groups is 1. The Hall–Kier alpha value is -4.42. The van der Waals surface area contributed by atoms with Crippen LogP contribution in [0.2, 0.25) is 0 Å². The van der Waals surface area contributed by atoms with Crippen LogP contribution < -0.4 is 10.1 Å². The second kappa shape index (κ2) is 9.60. The number of nitrogens with zero attached hydrogens (tertiary/aromatic N) is 1. The molecule has 6 nitrogen and oxygen atoms in total. The number of amides is 1. The average molecular weight is 450 g/mol. The Kier molecular flexibility index (Phi) is 6.05. The second-order valence-electron chi connectivity index (χ2n) is 7.79. The number of fused-ring (bicyclic) bond motifs is 1. The van der Waals surface area contributed by atoms with Gasteiger partial charge in [-0.1, -0.05) is 48.5 Å². The first-order valence-corrected chi connectivity index (χ1v) is 11.0. The lowest BCUT2D eigenvalue weighted by Crippen LogP contribution is -2.26. The van der Waals surface area contributed by atoms with Crippen LogP contribution in [0, 0.1) is 0 Å². The maximum Gasteiger partial charge on any atom is 0.251 e. The SMILES string of the molecule is O=C(NCCO)c1cccc(-c2c[nH]c3ncc(-c4ccccc4Oc4ccccc4)cc23)c1. The molecule has 0 aliphatic rings. The van der Waals surface area contributed by atoms with Crippen molar-refractivity contribution in [2.75, 3.05) is 13.2 Å². The molecule has 1 amide bonds. The third-order valence-electron chi connectivity index (χ3n) is 5.53. The fourth-order valence-electron chi connectivity index (χ4n) is 3.90. The van der Waals surface area contributed by atoms with Gasteiger partial charge in [0.25, 0.3) is 5.91 Å². The van der Waals surface area contributed by atoms with Gasteiger partial charge in [-0.2, -0.15) is 0 Å². The summed E-state index contributed by atoms with van der Waals surface area (Å²) in [5.74, 6) is 1.29. The molecule has 34 heavy (non-hydrogen) atoms. The number of aromatic nitrogens is 2. The van der Waals surface area contributed by atoms with Crippen molar-refractivity contribution in [3.05, 3.63) is 103 Å². The molecular formula is C28H23N3O3. The number of benzene rings is 3. The van der Waals surface area contributed by atoms with E-state index in [9.17, 15) is 4.79 Å². The number of ether oxygens (including phenoxy) is 1. The van der Waals surface area contributed by atoms with Crippen LogP contribution in [0.4, 0.5) is 0 Å². The molecule has 5 rings (SSSR count). The van der Waals surface area contributed by atoms with Gasteiger partial charge in [0.15, 0.2) is 0 Å². The summed E-state index contributed by atoms with van der Waals surface area (Å²) in [6, 6.07) is 27.1. The predicted molar refractivity (Wildman–Crippen MR) is 133 cm³/mol. The quantitative estimate of drug-likeness (QED) is 0.310. The van der Waals surface area contributed by atoms with Crippen molar-refractivity contribution in [3.8, 4) is 33.8 Å². The molecule has 3 N–H and O–H groups in total. The van der Waals surface area contributed by atoms with Gasteiger partial charge < -0.3 is 20.1 Å². The lowest BCUT2D eigenvalue weighted by atomic mass is 10.0. The number of aromatic amines is 1. The van der Waals surface area contributed by atoms with E-state index in [4.69, 9.17) is 9.84 Å². The van der Waals surface area contributed by atoms with Gasteiger partial charge in [0.1, 0.15) is 17.1 Å². The van der Waals surface area contributed by atoms with Gasteiger partial charge in [-0.05, 0) is 42.0 Å². The summed E-state index contributed by atoms with van der Waals surface area (Å²) in [7, 11) is 0. The van der Waals surface area contributed by atoms with E-state index < -0.39 is 0 Å². The molecule has 0 fully saturated rings. The van der Waals surface area contributed by atoms with E-state index in [2.05, 4.69) is 21.4 Å². The molecule has 0 aliphatic carbocycles. The van der Waals surface area contributed by atoms with Gasteiger partial charge in [0, 0.05) is 46.6 Å². The van der Waals surface area contributed by atoms with Crippen LogP contribution in [0.15, 0.2) is 97.3 Å². The number of rotatable bonds is 7. The highest BCUT2D eigenvalue weighted by Crippen LogP contribution is 2.36. The minimum atomic E-state index is -0.221. The van der Waals surface area contributed by atoms with Gasteiger partial charge >= 0.3 is 0 Å². The fraction of sp³-hybridized carbons (Fsp3) is 0.0714. The number of nitrogens with one attached hydrogen (secondary N) is 2. The Balaban J connectivity index is 1.53.